The standard InChI is InChI=1S/C9H17NO5S/c11-4-1-2-5-15-9(12)10-8-3-6-16(13,14)7-8/h8,11H,1-7H2,(H,10,12). The van der Waals surface area contributed by atoms with Gasteiger partial charge in [0.2, 0.25) is 0 Å². The Morgan fingerprint density at radius 1 is 1.44 bits per heavy atom. The van der Waals surface area contributed by atoms with E-state index in [0.717, 1.165) is 0 Å². The zero-order valence-corrected chi connectivity index (χ0v) is 9.83. The van der Waals surface area contributed by atoms with Gasteiger partial charge in [0.05, 0.1) is 18.1 Å². The summed E-state index contributed by atoms with van der Waals surface area (Å²) in [5.74, 6) is 0.126. The first kappa shape index (κ1) is 13.2. The van der Waals surface area contributed by atoms with E-state index in [0.29, 0.717) is 19.3 Å². The SMILES string of the molecule is O=C(NC1CCS(=O)(=O)C1)OCCCCO. The highest BCUT2D eigenvalue weighted by Gasteiger charge is 2.29. The van der Waals surface area contributed by atoms with Crippen molar-refractivity contribution in [1.82, 2.24) is 5.32 Å². The molecule has 6 nitrogen and oxygen atoms in total. The molecule has 1 saturated heterocycles. The predicted molar refractivity (Wildman–Crippen MR) is 57.9 cm³/mol. The summed E-state index contributed by atoms with van der Waals surface area (Å²) in [6, 6.07) is -0.324. The Morgan fingerprint density at radius 3 is 2.75 bits per heavy atom. The van der Waals surface area contributed by atoms with Crippen molar-refractivity contribution in [2.45, 2.75) is 25.3 Å². The van der Waals surface area contributed by atoms with E-state index in [-0.39, 0.29) is 30.8 Å². The highest BCUT2D eigenvalue weighted by molar-refractivity contribution is 7.91. The van der Waals surface area contributed by atoms with Gasteiger partial charge < -0.3 is 15.2 Å². The van der Waals surface area contributed by atoms with E-state index in [1.165, 1.54) is 0 Å². The summed E-state index contributed by atoms with van der Waals surface area (Å²) < 4.78 is 27.0. The number of aliphatic hydroxyl groups excluding tert-OH is 1. The molecule has 0 aromatic rings. The van der Waals surface area contributed by atoms with E-state index >= 15 is 0 Å². The molecule has 0 saturated carbocycles. The summed E-state index contributed by atoms with van der Waals surface area (Å²) in [6.45, 7) is 0.317. The molecule has 0 aromatic carbocycles. The quantitative estimate of drug-likeness (QED) is 0.653. The molecule has 0 bridgehead atoms. The van der Waals surface area contributed by atoms with E-state index in [9.17, 15) is 13.2 Å². The second kappa shape index (κ2) is 6.05. The van der Waals surface area contributed by atoms with Crippen molar-refractivity contribution in [2.24, 2.45) is 0 Å². The van der Waals surface area contributed by atoms with Crippen LogP contribution in [0.3, 0.4) is 0 Å². The Labute approximate surface area is 94.9 Å². The van der Waals surface area contributed by atoms with E-state index in [1.54, 1.807) is 0 Å². The predicted octanol–water partition coefficient (Wildman–Crippen LogP) is -0.328. The molecule has 16 heavy (non-hydrogen) atoms. The largest absolute Gasteiger partial charge is 0.450 e. The lowest BCUT2D eigenvalue weighted by molar-refractivity contribution is 0.138. The number of ether oxygens (including phenoxy) is 1. The van der Waals surface area contributed by atoms with Gasteiger partial charge in [-0.1, -0.05) is 0 Å². The minimum absolute atomic E-state index is 0.00125. The van der Waals surface area contributed by atoms with Gasteiger partial charge in [-0.05, 0) is 19.3 Å². The van der Waals surface area contributed by atoms with Crippen LogP contribution in [0.5, 0.6) is 0 Å². The second-order valence-corrected chi connectivity index (χ2v) is 6.04. The van der Waals surface area contributed by atoms with Crippen LogP contribution in [0.1, 0.15) is 19.3 Å². The third-order valence-electron chi connectivity index (χ3n) is 2.34. The van der Waals surface area contributed by atoms with E-state index < -0.39 is 15.9 Å². The Balaban J connectivity index is 2.15. The first-order valence-corrected chi connectivity index (χ1v) is 7.10. The maximum atomic E-state index is 11.2. The normalized spacial score (nSPS) is 22.9. The molecule has 1 unspecified atom stereocenters. The lowest BCUT2D eigenvalue weighted by atomic mass is 10.3. The monoisotopic (exact) mass is 251 g/mol. The number of hydrogen-bond donors (Lipinski definition) is 2. The number of amides is 1. The third kappa shape index (κ3) is 4.80. The van der Waals surface area contributed by atoms with Crippen LogP contribution in [0, 0.1) is 0 Å². The molecular weight excluding hydrogens is 234 g/mol. The van der Waals surface area contributed by atoms with E-state index in [4.69, 9.17) is 9.84 Å². The average molecular weight is 251 g/mol. The van der Waals surface area contributed by atoms with Crippen LogP contribution in [-0.4, -0.2) is 50.4 Å². The summed E-state index contributed by atoms with van der Waals surface area (Å²) in [4.78, 5) is 11.2. The van der Waals surface area contributed by atoms with Crippen molar-refractivity contribution in [3.63, 3.8) is 0 Å². The zero-order valence-electron chi connectivity index (χ0n) is 9.02. The van der Waals surface area contributed by atoms with Crippen molar-refractivity contribution in [2.75, 3.05) is 24.7 Å². The molecule has 1 heterocycles. The number of nitrogens with one attached hydrogen (secondary N) is 1. The van der Waals surface area contributed by atoms with Crippen molar-refractivity contribution in [1.29, 1.82) is 0 Å². The highest BCUT2D eigenvalue weighted by Crippen LogP contribution is 2.11. The van der Waals surface area contributed by atoms with Gasteiger partial charge >= 0.3 is 6.09 Å². The van der Waals surface area contributed by atoms with Crippen molar-refractivity contribution in [3.05, 3.63) is 0 Å². The van der Waals surface area contributed by atoms with Gasteiger partial charge in [-0.2, -0.15) is 0 Å². The smallest absolute Gasteiger partial charge is 0.407 e. The lowest BCUT2D eigenvalue weighted by Crippen LogP contribution is -2.36. The number of alkyl carbamates (subject to hydrolysis) is 1. The molecule has 7 heteroatoms. The Kier molecular flexibility index (Phi) is 5.01. The van der Waals surface area contributed by atoms with Crippen LogP contribution < -0.4 is 5.32 Å². The highest BCUT2D eigenvalue weighted by atomic mass is 32.2. The molecule has 1 rings (SSSR count). The van der Waals surface area contributed by atoms with Gasteiger partial charge in [-0.3, -0.25) is 0 Å². The molecule has 0 aliphatic carbocycles. The Hall–Kier alpha value is -0.820. The minimum Gasteiger partial charge on any atom is -0.450 e. The molecular formula is C9H17NO5S. The fourth-order valence-corrected chi connectivity index (χ4v) is 3.17. The molecule has 1 aliphatic heterocycles. The van der Waals surface area contributed by atoms with Crippen LogP contribution >= 0.6 is 0 Å². The van der Waals surface area contributed by atoms with E-state index in [2.05, 4.69) is 5.32 Å². The van der Waals surface area contributed by atoms with Crippen LogP contribution in [0.2, 0.25) is 0 Å². The van der Waals surface area contributed by atoms with Crippen LogP contribution in [0.15, 0.2) is 0 Å². The fourth-order valence-electron chi connectivity index (χ4n) is 1.50. The Bertz CT molecular complexity index is 327. The second-order valence-electron chi connectivity index (χ2n) is 3.81. The summed E-state index contributed by atoms with van der Waals surface area (Å²) in [5, 5.41) is 11.0. The van der Waals surface area contributed by atoms with Crippen LogP contribution in [0.4, 0.5) is 4.79 Å². The minimum atomic E-state index is -2.97. The molecule has 1 amide bonds. The molecule has 0 radical (unpaired) electrons. The fraction of sp³-hybridized carbons (Fsp3) is 0.889. The van der Waals surface area contributed by atoms with Gasteiger partial charge in [-0.25, -0.2) is 13.2 Å². The number of carbonyl (C=O) groups excluding carboxylic acids is 1. The number of sulfone groups is 1. The lowest BCUT2D eigenvalue weighted by Gasteiger charge is -2.10. The summed E-state index contributed by atoms with van der Waals surface area (Å²) in [5.41, 5.74) is 0. The maximum absolute atomic E-state index is 11.2. The number of unbranched alkanes of at least 4 members (excludes halogenated alkanes) is 1. The number of rotatable bonds is 5. The molecule has 0 spiro atoms. The van der Waals surface area contributed by atoms with E-state index in [1.807, 2.05) is 0 Å². The van der Waals surface area contributed by atoms with Gasteiger partial charge in [0.25, 0.3) is 0 Å². The summed E-state index contributed by atoms with van der Waals surface area (Å²) in [7, 11) is -2.97. The average Bonchev–Trinajstić information content (AvgIpc) is 2.53. The summed E-state index contributed by atoms with van der Waals surface area (Å²) in [6.07, 6.45) is 1.06. The zero-order chi connectivity index (χ0) is 12.0. The van der Waals surface area contributed by atoms with Crippen LogP contribution in [-0.2, 0) is 14.6 Å². The number of carbonyl (C=O) groups is 1. The van der Waals surface area contributed by atoms with Crippen molar-refractivity contribution >= 4 is 15.9 Å². The first-order chi connectivity index (χ1) is 7.53. The molecule has 1 fully saturated rings. The Morgan fingerprint density at radius 2 is 2.19 bits per heavy atom. The topological polar surface area (TPSA) is 92.7 Å². The molecule has 94 valence electrons. The van der Waals surface area contributed by atoms with Gasteiger partial charge in [0.1, 0.15) is 0 Å². The van der Waals surface area contributed by atoms with Gasteiger partial charge in [0.15, 0.2) is 9.84 Å². The van der Waals surface area contributed by atoms with Crippen molar-refractivity contribution in [3.8, 4) is 0 Å². The third-order valence-corrected chi connectivity index (χ3v) is 4.11. The molecule has 2 N–H and O–H groups in total. The van der Waals surface area contributed by atoms with Gasteiger partial charge in [-0.15, -0.1) is 0 Å². The summed E-state index contributed by atoms with van der Waals surface area (Å²) >= 11 is 0. The van der Waals surface area contributed by atoms with Crippen LogP contribution in [0.25, 0.3) is 0 Å². The maximum Gasteiger partial charge on any atom is 0.407 e. The van der Waals surface area contributed by atoms with Crippen molar-refractivity contribution < 1.29 is 23.1 Å². The molecule has 0 aromatic heterocycles. The molecule has 1 aliphatic rings. The van der Waals surface area contributed by atoms with Gasteiger partial charge in [0, 0.05) is 12.6 Å². The first-order valence-electron chi connectivity index (χ1n) is 5.28. The molecule has 1 atom stereocenters. The number of hydrogen-bond acceptors (Lipinski definition) is 5. The number of aliphatic hydroxyl groups is 1.